The van der Waals surface area contributed by atoms with Crippen molar-refractivity contribution in [3.8, 4) is 0 Å². The molecule has 0 aliphatic carbocycles. The second kappa shape index (κ2) is 7.77. The molecule has 2 heterocycles. The molecule has 0 radical (unpaired) electrons. The van der Waals surface area contributed by atoms with Gasteiger partial charge in [0.2, 0.25) is 0 Å². The Bertz CT molecular complexity index is 414. The Hall–Kier alpha value is 0.0799. The fourth-order valence-corrected chi connectivity index (χ4v) is 4.03. The number of methoxy groups -OCH3 is 2. The Morgan fingerprint density at radius 3 is 2.05 bits per heavy atom. The van der Waals surface area contributed by atoms with E-state index in [2.05, 4.69) is 0 Å². The lowest BCUT2D eigenvalue weighted by molar-refractivity contribution is -0.0239. The molecule has 0 spiro atoms. The molecule has 2 fully saturated rings. The minimum atomic E-state index is -3.78. The Labute approximate surface area is 132 Å². The van der Waals surface area contributed by atoms with Crippen LogP contribution in [-0.4, -0.2) is 86.7 Å². The zero-order valence-corrected chi connectivity index (χ0v) is 14.5. The summed E-state index contributed by atoms with van der Waals surface area (Å²) in [5.41, 5.74) is 0. The van der Waals surface area contributed by atoms with Crippen LogP contribution in [-0.2, 0) is 37.1 Å². The summed E-state index contributed by atoms with van der Waals surface area (Å²) in [6.07, 6.45) is -1.71. The minimum absolute atomic E-state index is 0.152. The second-order valence-corrected chi connectivity index (χ2v) is 7.08. The van der Waals surface area contributed by atoms with Crippen LogP contribution in [0.15, 0.2) is 0 Å². The first-order valence-electron chi connectivity index (χ1n) is 7.25. The van der Waals surface area contributed by atoms with Crippen molar-refractivity contribution >= 4 is 23.5 Å². The highest BCUT2D eigenvalue weighted by Crippen LogP contribution is 2.53. The number of ether oxygens (including phenoxy) is 4. The number of rotatable bonds is 7. The average Bonchev–Trinajstić information content (AvgIpc) is 3.02. The van der Waals surface area contributed by atoms with E-state index in [0.29, 0.717) is 6.61 Å². The molecule has 0 N–H and O–H groups in total. The van der Waals surface area contributed by atoms with Crippen LogP contribution in [0.4, 0.5) is 0 Å². The quantitative estimate of drug-likeness (QED) is 0.411. The fraction of sp³-hybridized carbons (Fsp3) is 1.00. The topological polar surface area (TPSA) is 81.7 Å². The second-order valence-electron chi connectivity index (χ2n) is 5.40. The van der Waals surface area contributed by atoms with E-state index < -0.39 is 20.0 Å². The summed E-state index contributed by atoms with van der Waals surface area (Å²) < 4.78 is 50.5. The Balaban J connectivity index is 2.04. The van der Waals surface area contributed by atoms with E-state index in [1.54, 1.807) is 14.2 Å². The molecule has 2 saturated heterocycles. The lowest BCUT2D eigenvalue weighted by Crippen LogP contribution is -2.37. The third-order valence-corrected chi connectivity index (χ3v) is 5.50. The third kappa shape index (κ3) is 3.94. The third-order valence-electron chi connectivity index (χ3n) is 4.02. The molecule has 0 aromatic rings. The monoisotopic (exact) mass is 336 g/mol. The van der Waals surface area contributed by atoms with Crippen LogP contribution in [0.3, 0.4) is 0 Å². The van der Waals surface area contributed by atoms with E-state index in [4.69, 9.17) is 32.5 Å². The Morgan fingerprint density at radius 1 is 0.909 bits per heavy atom. The SMILES string of the molecule is B[C@@H]1OCC(OP(=O)(OC)O[C@H]2C(OC)CO[C@H]2B)[C@@H]1OC. The van der Waals surface area contributed by atoms with Crippen LogP contribution < -0.4 is 0 Å². The predicted octanol–water partition coefficient (Wildman–Crippen LogP) is -1.48. The smallest absolute Gasteiger partial charge is 0.382 e. The normalized spacial score (nSPS) is 41.6. The molecule has 2 rings (SSSR count). The number of hydrogen-bond donors (Lipinski definition) is 0. The summed E-state index contributed by atoms with van der Waals surface area (Å²) in [5, 5.41) is 0. The number of hydrogen-bond acceptors (Lipinski definition) is 8. The summed E-state index contributed by atoms with van der Waals surface area (Å²) in [5.74, 6) is 0. The highest BCUT2D eigenvalue weighted by atomic mass is 31.2. The van der Waals surface area contributed by atoms with E-state index in [9.17, 15) is 4.57 Å². The van der Waals surface area contributed by atoms with Crippen LogP contribution in [0, 0.1) is 0 Å². The maximum Gasteiger partial charge on any atom is 0.475 e. The molecule has 126 valence electrons. The molecular weight excluding hydrogens is 313 g/mol. The standard InChI is InChI=1S/C11H23B2O8P/c1-15-6-4-18-11(13)9(6)21-22(14,17-3)20-7-5-19-10(12)8(7)16-2/h6-11H,4-5,12-13H2,1-3H3/t6?,7?,8-,9-,10+,11+,22?/m0/s1. The molecular formula is C11H23B2O8P. The molecule has 0 saturated carbocycles. The molecule has 7 atom stereocenters. The van der Waals surface area contributed by atoms with Gasteiger partial charge in [0.1, 0.15) is 40.1 Å². The minimum Gasteiger partial charge on any atom is -0.382 e. The lowest BCUT2D eigenvalue weighted by Gasteiger charge is -2.28. The van der Waals surface area contributed by atoms with Gasteiger partial charge < -0.3 is 18.9 Å². The highest BCUT2D eigenvalue weighted by Gasteiger charge is 2.46. The number of phosphoric acid groups is 1. The van der Waals surface area contributed by atoms with Gasteiger partial charge in [-0.15, -0.1) is 0 Å². The van der Waals surface area contributed by atoms with Crippen molar-refractivity contribution in [2.75, 3.05) is 34.5 Å². The zero-order chi connectivity index (χ0) is 16.3. The van der Waals surface area contributed by atoms with Gasteiger partial charge in [0.05, 0.1) is 25.2 Å². The van der Waals surface area contributed by atoms with E-state index in [1.165, 1.54) is 7.11 Å². The van der Waals surface area contributed by atoms with Gasteiger partial charge in [0.25, 0.3) is 0 Å². The molecule has 2 aliphatic heterocycles. The molecule has 3 unspecified atom stereocenters. The van der Waals surface area contributed by atoms with Crippen LogP contribution in [0.25, 0.3) is 0 Å². The van der Waals surface area contributed by atoms with Gasteiger partial charge >= 0.3 is 7.82 Å². The molecule has 0 amide bonds. The maximum absolute atomic E-state index is 12.8. The van der Waals surface area contributed by atoms with Gasteiger partial charge in [0.15, 0.2) is 0 Å². The molecule has 22 heavy (non-hydrogen) atoms. The van der Waals surface area contributed by atoms with E-state index >= 15 is 0 Å². The highest BCUT2D eigenvalue weighted by molar-refractivity contribution is 7.48. The fourth-order valence-electron chi connectivity index (χ4n) is 2.69. The van der Waals surface area contributed by atoms with Crippen LogP contribution in [0.2, 0.25) is 0 Å². The van der Waals surface area contributed by atoms with Crippen molar-refractivity contribution < 1.29 is 37.1 Å². The summed E-state index contributed by atoms with van der Waals surface area (Å²) in [7, 11) is 4.29. The maximum atomic E-state index is 12.8. The van der Waals surface area contributed by atoms with Crippen molar-refractivity contribution in [3.05, 3.63) is 0 Å². The van der Waals surface area contributed by atoms with Gasteiger partial charge in [-0.2, -0.15) is 0 Å². The molecule has 0 aromatic carbocycles. The first-order chi connectivity index (χ1) is 10.4. The first-order valence-corrected chi connectivity index (χ1v) is 8.71. The largest absolute Gasteiger partial charge is 0.475 e. The predicted molar refractivity (Wildman–Crippen MR) is 82.5 cm³/mol. The summed E-state index contributed by atoms with van der Waals surface area (Å²) in [6.45, 7) is 0.636. The molecule has 0 aromatic heterocycles. The van der Waals surface area contributed by atoms with Crippen LogP contribution in [0.5, 0.6) is 0 Å². The summed E-state index contributed by atoms with van der Waals surface area (Å²) in [4.78, 5) is 0. The Morgan fingerprint density at radius 2 is 1.50 bits per heavy atom. The van der Waals surface area contributed by atoms with Crippen LogP contribution in [0.1, 0.15) is 0 Å². The van der Waals surface area contributed by atoms with Crippen molar-refractivity contribution in [1.82, 2.24) is 0 Å². The van der Waals surface area contributed by atoms with Crippen molar-refractivity contribution in [3.63, 3.8) is 0 Å². The van der Waals surface area contributed by atoms with Gasteiger partial charge in [-0.1, -0.05) is 0 Å². The molecule has 2 aliphatic rings. The molecule has 8 nitrogen and oxygen atoms in total. The van der Waals surface area contributed by atoms with Crippen molar-refractivity contribution in [1.29, 1.82) is 0 Å². The van der Waals surface area contributed by atoms with Gasteiger partial charge in [0, 0.05) is 21.3 Å². The lowest BCUT2D eigenvalue weighted by atomic mass is 9.94. The first kappa shape index (κ1) is 18.4. The van der Waals surface area contributed by atoms with Crippen molar-refractivity contribution in [2.24, 2.45) is 0 Å². The van der Waals surface area contributed by atoms with Crippen LogP contribution >= 0.6 is 7.82 Å². The zero-order valence-electron chi connectivity index (χ0n) is 13.6. The van der Waals surface area contributed by atoms with E-state index in [1.807, 2.05) is 15.7 Å². The number of phosphoric ester groups is 1. The average molecular weight is 336 g/mol. The molecule has 11 heteroatoms. The van der Waals surface area contributed by atoms with Gasteiger partial charge in [-0.05, 0) is 0 Å². The van der Waals surface area contributed by atoms with Gasteiger partial charge in [-0.25, -0.2) is 4.57 Å². The molecule has 0 bridgehead atoms. The van der Waals surface area contributed by atoms with Crippen molar-refractivity contribution in [2.45, 2.75) is 36.4 Å². The Kier molecular flexibility index (Phi) is 6.50. The van der Waals surface area contributed by atoms with E-state index in [0.717, 1.165) is 0 Å². The van der Waals surface area contributed by atoms with Gasteiger partial charge in [-0.3, -0.25) is 13.6 Å². The summed E-state index contributed by atoms with van der Waals surface area (Å²) in [6, 6.07) is -0.422. The summed E-state index contributed by atoms with van der Waals surface area (Å²) >= 11 is 0. The van der Waals surface area contributed by atoms with E-state index in [-0.39, 0.29) is 30.8 Å².